The Labute approximate surface area is 89.2 Å². The molecule has 1 saturated heterocycles. The molecule has 0 aromatic heterocycles. The fourth-order valence-electron chi connectivity index (χ4n) is 1.38. The number of rotatable bonds is 3. The third-order valence-corrected chi connectivity index (χ3v) is 2.97. The molecule has 1 unspecified atom stereocenters. The Morgan fingerprint density at radius 3 is 2.86 bits per heavy atom. The molecule has 1 amide bonds. The van der Waals surface area contributed by atoms with Crippen molar-refractivity contribution < 1.29 is 18.7 Å². The van der Waals surface area contributed by atoms with E-state index in [1.807, 2.05) is 0 Å². The number of halogens is 3. The number of aliphatic hydroxyl groups is 1. The zero-order valence-corrected chi connectivity index (χ0v) is 9.14. The molecule has 1 N–H and O–H groups in total. The minimum atomic E-state index is -3.19. The standard InChI is InChI=1S/C8H12BrF2NO2/c9-6-2-1-3-12(7(6)14)4-8(10,11)5-13/h6,13H,1-5H2. The average Bonchev–Trinajstić information content (AvgIpc) is 2.13. The molecule has 0 aliphatic carbocycles. The molecule has 1 aliphatic heterocycles. The van der Waals surface area contributed by atoms with E-state index < -0.39 is 19.1 Å². The van der Waals surface area contributed by atoms with Crippen LogP contribution in [0.4, 0.5) is 8.78 Å². The number of piperidine rings is 1. The van der Waals surface area contributed by atoms with Gasteiger partial charge in [0.15, 0.2) is 0 Å². The van der Waals surface area contributed by atoms with Crippen molar-refractivity contribution in [3.05, 3.63) is 0 Å². The first-order chi connectivity index (χ1) is 6.46. The highest BCUT2D eigenvalue weighted by Gasteiger charge is 2.36. The van der Waals surface area contributed by atoms with Crippen LogP contribution in [0.5, 0.6) is 0 Å². The van der Waals surface area contributed by atoms with Crippen molar-refractivity contribution in [3.8, 4) is 0 Å². The van der Waals surface area contributed by atoms with Crippen LogP contribution < -0.4 is 0 Å². The molecule has 1 heterocycles. The summed E-state index contributed by atoms with van der Waals surface area (Å²) in [6, 6.07) is 0. The van der Waals surface area contributed by atoms with E-state index in [0.29, 0.717) is 19.4 Å². The molecule has 1 rings (SSSR count). The van der Waals surface area contributed by atoms with E-state index in [0.717, 1.165) is 4.90 Å². The number of carbonyl (C=O) groups excluding carboxylic acids is 1. The van der Waals surface area contributed by atoms with Crippen molar-refractivity contribution in [2.24, 2.45) is 0 Å². The maximum absolute atomic E-state index is 12.8. The van der Waals surface area contributed by atoms with Gasteiger partial charge in [-0.25, -0.2) is 8.78 Å². The molecule has 0 spiro atoms. The lowest BCUT2D eigenvalue weighted by molar-refractivity contribution is -0.140. The van der Waals surface area contributed by atoms with Crippen molar-refractivity contribution in [2.75, 3.05) is 19.7 Å². The predicted octanol–water partition coefficient (Wildman–Crippen LogP) is 1.000. The molecule has 0 aromatic carbocycles. The van der Waals surface area contributed by atoms with Crippen molar-refractivity contribution in [1.29, 1.82) is 0 Å². The SMILES string of the molecule is O=C1C(Br)CCCN1CC(F)(F)CO. The number of aliphatic hydroxyl groups excluding tert-OH is 1. The summed E-state index contributed by atoms with van der Waals surface area (Å²) in [5.74, 6) is -3.51. The average molecular weight is 272 g/mol. The number of carbonyl (C=O) groups is 1. The Bertz CT molecular complexity index is 225. The van der Waals surface area contributed by atoms with Gasteiger partial charge >= 0.3 is 0 Å². The molecule has 1 fully saturated rings. The lowest BCUT2D eigenvalue weighted by atomic mass is 10.1. The van der Waals surface area contributed by atoms with Gasteiger partial charge in [-0.3, -0.25) is 4.79 Å². The highest BCUT2D eigenvalue weighted by molar-refractivity contribution is 9.10. The van der Waals surface area contributed by atoms with Crippen LogP contribution in [0.1, 0.15) is 12.8 Å². The number of alkyl halides is 3. The van der Waals surface area contributed by atoms with Crippen LogP contribution >= 0.6 is 15.9 Å². The van der Waals surface area contributed by atoms with E-state index in [4.69, 9.17) is 5.11 Å². The Morgan fingerprint density at radius 1 is 1.64 bits per heavy atom. The molecule has 1 atom stereocenters. The van der Waals surface area contributed by atoms with Gasteiger partial charge in [-0.1, -0.05) is 15.9 Å². The third kappa shape index (κ3) is 2.88. The largest absolute Gasteiger partial charge is 0.390 e. The second kappa shape index (κ2) is 4.53. The molecule has 3 nitrogen and oxygen atoms in total. The third-order valence-electron chi connectivity index (χ3n) is 2.12. The van der Waals surface area contributed by atoms with Gasteiger partial charge in [0, 0.05) is 6.54 Å². The van der Waals surface area contributed by atoms with Gasteiger partial charge in [0.05, 0.1) is 11.4 Å². The molecule has 0 radical (unpaired) electrons. The summed E-state index contributed by atoms with van der Waals surface area (Å²) in [6.07, 6.45) is 1.39. The number of hydrogen-bond acceptors (Lipinski definition) is 2. The molecular formula is C8H12BrF2NO2. The highest BCUT2D eigenvalue weighted by Crippen LogP contribution is 2.22. The minimum absolute atomic E-state index is 0.315. The van der Waals surface area contributed by atoms with Crippen LogP contribution in [0.15, 0.2) is 0 Å². The molecule has 0 aromatic rings. The second-order valence-electron chi connectivity index (χ2n) is 3.38. The van der Waals surface area contributed by atoms with Crippen LogP contribution in [0.2, 0.25) is 0 Å². The quantitative estimate of drug-likeness (QED) is 0.779. The fourth-order valence-corrected chi connectivity index (χ4v) is 1.99. The minimum Gasteiger partial charge on any atom is -0.390 e. The fraction of sp³-hybridized carbons (Fsp3) is 0.875. The van der Waals surface area contributed by atoms with E-state index >= 15 is 0 Å². The van der Waals surface area contributed by atoms with E-state index in [1.165, 1.54) is 0 Å². The second-order valence-corrected chi connectivity index (χ2v) is 4.49. The molecule has 0 bridgehead atoms. The van der Waals surface area contributed by atoms with Crippen molar-refractivity contribution in [2.45, 2.75) is 23.6 Å². The first-order valence-corrected chi connectivity index (χ1v) is 5.29. The van der Waals surface area contributed by atoms with Gasteiger partial charge < -0.3 is 10.0 Å². The molecule has 1 aliphatic rings. The normalized spacial score (nSPS) is 24.1. The molecule has 6 heteroatoms. The zero-order valence-electron chi connectivity index (χ0n) is 7.55. The van der Waals surface area contributed by atoms with Crippen molar-refractivity contribution in [1.82, 2.24) is 4.90 Å². The maximum Gasteiger partial charge on any atom is 0.287 e. The monoisotopic (exact) mass is 271 g/mol. The van der Waals surface area contributed by atoms with Crippen LogP contribution in [0, 0.1) is 0 Å². The summed E-state index contributed by atoms with van der Waals surface area (Å²) < 4.78 is 25.6. The number of amides is 1. The maximum atomic E-state index is 12.8. The molecule has 82 valence electrons. The van der Waals surface area contributed by atoms with Gasteiger partial charge in [-0.05, 0) is 12.8 Å². The van der Waals surface area contributed by atoms with Crippen LogP contribution in [0.25, 0.3) is 0 Å². The van der Waals surface area contributed by atoms with E-state index in [2.05, 4.69) is 15.9 Å². The summed E-state index contributed by atoms with van der Waals surface area (Å²) in [5, 5.41) is 8.38. The van der Waals surface area contributed by atoms with Crippen LogP contribution in [-0.2, 0) is 4.79 Å². The van der Waals surface area contributed by atoms with E-state index in [-0.39, 0.29) is 10.7 Å². The summed E-state index contributed by atoms with van der Waals surface area (Å²) in [5.41, 5.74) is 0. The van der Waals surface area contributed by atoms with Gasteiger partial charge in [-0.2, -0.15) is 0 Å². The lowest BCUT2D eigenvalue weighted by Gasteiger charge is -2.32. The van der Waals surface area contributed by atoms with Crippen molar-refractivity contribution in [3.63, 3.8) is 0 Å². The summed E-state index contributed by atoms with van der Waals surface area (Å²) in [4.78, 5) is 12.1. The lowest BCUT2D eigenvalue weighted by Crippen LogP contribution is -2.48. The summed E-state index contributed by atoms with van der Waals surface area (Å²) in [7, 11) is 0. The van der Waals surface area contributed by atoms with E-state index in [1.54, 1.807) is 0 Å². The van der Waals surface area contributed by atoms with Crippen LogP contribution in [-0.4, -0.2) is 46.4 Å². The highest BCUT2D eigenvalue weighted by atomic mass is 79.9. The smallest absolute Gasteiger partial charge is 0.287 e. The summed E-state index contributed by atoms with van der Waals surface area (Å²) >= 11 is 3.12. The Kier molecular flexibility index (Phi) is 3.83. The Balaban J connectivity index is 2.55. The van der Waals surface area contributed by atoms with Gasteiger partial charge in [0.25, 0.3) is 5.92 Å². The van der Waals surface area contributed by atoms with Crippen molar-refractivity contribution >= 4 is 21.8 Å². The predicted molar refractivity (Wildman–Crippen MR) is 50.6 cm³/mol. The first kappa shape index (κ1) is 11.8. The van der Waals surface area contributed by atoms with Gasteiger partial charge in [-0.15, -0.1) is 0 Å². The van der Waals surface area contributed by atoms with Gasteiger partial charge in [0.1, 0.15) is 6.61 Å². The van der Waals surface area contributed by atoms with Gasteiger partial charge in [0.2, 0.25) is 5.91 Å². The molecule has 14 heavy (non-hydrogen) atoms. The van der Waals surface area contributed by atoms with Crippen LogP contribution in [0.3, 0.4) is 0 Å². The first-order valence-electron chi connectivity index (χ1n) is 4.38. The molecule has 0 saturated carbocycles. The number of hydrogen-bond donors (Lipinski definition) is 1. The zero-order chi connectivity index (χ0) is 10.8. The Hall–Kier alpha value is -0.230. The summed E-state index contributed by atoms with van der Waals surface area (Å²) in [6.45, 7) is -1.56. The molecular weight excluding hydrogens is 260 g/mol. The topological polar surface area (TPSA) is 40.5 Å². The number of nitrogens with zero attached hydrogens (tertiary/aromatic N) is 1. The van der Waals surface area contributed by atoms with E-state index in [9.17, 15) is 13.6 Å². The Morgan fingerprint density at radius 2 is 2.29 bits per heavy atom. The number of likely N-dealkylation sites (tertiary alicyclic amines) is 1.